The second-order valence-electron chi connectivity index (χ2n) is 5.38. The minimum Gasteiger partial charge on any atom is -0.381 e. The van der Waals surface area contributed by atoms with Crippen LogP contribution in [0.2, 0.25) is 0 Å². The van der Waals surface area contributed by atoms with Crippen LogP contribution in [0.4, 0.5) is 0 Å². The normalized spacial score (nSPS) is 29.3. The molecule has 1 saturated heterocycles. The minimum absolute atomic E-state index is 0.703. The Morgan fingerprint density at radius 2 is 2.44 bits per heavy atom. The lowest BCUT2D eigenvalue weighted by atomic mass is 10.0. The van der Waals surface area contributed by atoms with Crippen molar-refractivity contribution in [3.05, 3.63) is 17.7 Å². The molecule has 1 fully saturated rings. The Kier molecular flexibility index (Phi) is 2.72. The van der Waals surface area contributed by atoms with Gasteiger partial charge in [0.25, 0.3) is 0 Å². The number of hydrogen-bond acceptors (Lipinski definition) is 2. The Morgan fingerprint density at radius 1 is 1.50 bits per heavy atom. The van der Waals surface area contributed by atoms with E-state index in [-0.39, 0.29) is 0 Å². The van der Waals surface area contributed by atoms with Crippen molar-refractivity contribution in [3.8, 4) is 0 Å². The molecule has 0 saturated carbocycles. The average molecular weight is 220 g/mol. The molecule has 0 aromatic carbocycles. The SMILES string of the molecule is CC1CCc2nc(CC3CCOC3)cn2C1. The third-order valence-corrected chi connectivity index (χ3v) is 3.80. The lowest BCUT2D eigenvalue weighted by Gasteiger charge is -2.19. The molecule has 2 aliphatic heterocycles. The van der Waals surface area contributed by atoms with Gasteiger partial charge in [-0.1, -0.05) is 6.92 Å². The maximum Gasteiger partial charge on any atom is 0.108 e. The summed E-state index contributed by atoms with van der Waals surface area (Å²) in [7, 11) is 0. The van der Waals surface area contributed by atoms with Gasteiger partial charge < -0.3 is 9.30 Å². The third-order valence-electron chi connectivity index (χ3n) is 3.80. The lowest BCUT2D eigenvalue weighted by molar-refractivity contribution is 0.185. The van der Waals surface area contributed by atoms with Gasteiger partial charge in [0, 0.05) is 32.4 Å². The van der Waals surface area contributed by atoms with Crippen molar-refractivity contribution in [1.82, 2.24) is 9.55 Å². The topological polar surface area (TPSA) is 27.1 Å². The second kappa shape index (κ2) is 4.21. The van der Waals surface area contributed by atoms with Crippen LogP contribution in [-0.4, -0.2) is 22.8 Å². The van der Waals surface area contributed by atoms with Crippen molar-refractivity contribution < 1.29 is 4.74 Å². The molecule has 2 unspecified atom stereocenters. The van der Waals surface area contributed by atoms with Gasteiger partial charge in [0.1, 0.15) is 5.82 Å². The number of hydrogen-bond donors (Lipinski definition) is 0. The first-order chi connectivity index (χ1) is 7.81. The quantitative estimate of drug-likeness (QED) is 0.762. The molecule has 0 aliphatic carbocycles. The van der Waals surface area contributed by atoms with Crippen LogP contribution in [0.5, 0.6) is 0 Å². The maximum absolute atomic E-state index is 5.41. The Labute approximate surface area is 96.8 Å². The number of aromatic nitrogens is 2. The summed E-state index contributed by atoms with van der Waals surface area (Å²) >= 11 is 0. The molecule has 3 nitrogen and oxygen atoms in total. The predicted octanol–water partition coefficient (Wildman–Crippen LogP) is 2.04. The van der Waals surface area contributed by atoms with Gasteiger partial charge in [-0.2, -0.15) is 0 Å². The van der Waals surface area contributed by atoms with E-state index in [9.17, 15) is 0 Å². The average Bonchev–Trinajstić information content (AvgIpc) is 2.86. The molecule has 0 spiro atoms. The lowest BCUT2D eigenvalue weighted by Crippen LogP contribution is -2.17. The molecule has 0 N–H and O–H groups in total. The number of nitrogens with zero attached hydrogens (tertiary/aromatic N) is 2. The van der Waals surface area contributed by atoms with Gasteiger partial charge in [-0.15, -0.1) is 0 Å². The first kappa shape index (κ1) is 10.3. The standard InChI is InChI=1S/C13H20N2O/c1-10-2-3-13-14-12(8-15(13)7-10)6-11-4-5-16-9-11/h8,10-11H,2-7,9H2,1H3. The van der Waals surface area contributed by atoms with Crippen LogP contribution in [0.3, 0.4) is 0 Å². The van der Waals surface area contributed by atoms with Crippen molar-refractivity contribution in [2.75, 3.05) is 13.2 Å². The Balaban J connectivity index is 1.71. The zero-order valence-electron chi connectivity index (χ0n) is 9.98. The summed E-state index contributed by atoms with van der Waals surface area (Å²) in [6.45, 7) is 5.35. The number of rotatable bonds is 2. The minimum atomic E-state index is 0.703. The Bertz CT molecular complexity index is 366. The number of imidazole rings is 1. The molecule has 1 aromatic rings. The van der Waals surface area contributed by atoms with Crippen molar-refractivity contribution in [3.63, 3.8) is 0 Å². The van der Waals surface area contributed by atoms with E-state index in [1.54, 1.807) is 0 Å². The molecule has 1 aromatic heterocycles. The zero-order valence-corrected chi connectivity index (χ0v) is 9.98. The Hall–Kier alpha value is -0.830. The molecule has 0 amide bonds. The van der Waals surface area contributed by atoms with Crippen molar-refractivity contribution in [2.24, 2.45) is 11.8 Å². The molecular weight excluding hydrogens is 200 g/mol. The Morgan fingerprint density at radius 3 is 3.25 bits per heavy atom. The molecule has 3 rings (SSSR count). The first-order valence-corrected chi connectivity index (χ1v) is 6.44. The number of aryl methyl sites for hydroxylation is 1. The van der Waals surface area contributed by atoms with Gasteiger partial charge in [-0.3, -0.25) is 0 Å². The van der Waals surface area contributed by atoms with Crippen molar-refractivity contribution in [1.29, 1.82) is 0 Å². The molecule has 16 heavy (non-hydrogen) atoms. The molecule has 3 heteroatoms. The van der Waals surface area contributed by atoms with Crippen molar-refractivity contribution in [2.45, 2.75) is 39.2 Å². The summed E-state index contributed by atoms with van der Waals surface area (Å²) in [6, 6.07) is 0. The predicted molar refractivity (Wildman–Crippen MR) is 62.3 cm³/mol. The van der Waals surface area contributed by atoms with Crippen LogP contribution in [0, 0.1) is 11.8 Å². The van der Waals surface area contributed by atoms with Crippen molar-refractivity contribution >= 4 is 0 Å². The highest BCUT2D eigenvalue weighted by atomic mass is 16.5. The molecule has 88 valence electrons. The summed E-state index contributed by atoms with van der Waals surface area (Å²) in [5.74, 6) is 2.81. The fraction of sp³-hybridized carbons (Fsp3) is 0.769. The zero-order chi connectivity index (χ0) is 11.0. The van der Waals surface area contributed by atoms with Gasteiger partial charge in [-0.25, -0.2) is 4.98 Å². The van der Waals surface area contributed by atoms with E-state index in [0.717, 1.165) is 38.5 Å². The molecule has 3 heterocycles. The fourth-order valence-electron chi connectivity index (χ4n) is 2.81. The second-order valence-corrected chi connectivity index (χ2v) is 5.38. The first-order valence-electron chi connectivity index (χ1n) is 6.44. The van der Waals surface area contributed by atoms with Gasteiger partial charge in [-0.05, 0) is 31.1 Å². The van der Waals surface area contributed by atoms with Crippen LogP contribution in [0.1, 0.15) is 31.3 Å². The van der Waals surface area contributed by atoms with Gasteiger partial charge in [0.2, 0.25) is 0 Å². The summed E-state index contributed by atoms with van der Waals surface area (Å²) in [5, 5.41) is 0. The number of ether oxygens (including phenoxy) is 1. The van der Waals surface area contributed by atoms with E-state index in [1.807, 2.05) is 0 Å². The van der Waals surface area contributed by atoms with Crippen LogP contribution in [0.15, 0.2) is 6.20 Å². The fourth-order valence-corrected chi connectivity index (χ4v) is 2.81. The highest BCUT2D eigenvalue weighted by molar-refractivity contribution is 5.07. The van der Waals surface area contributed by atoms with Crippen LogP contribution >= 0.6 is 0 Å². The summed E-state index contributed by atoms with van der Waals surface area (Å²) in [4.78, 5) is 4.76. The summed E-state index contributed by atoms with van der Waals surface area (Å²) < 4.78 is 7.77. The highest BCUT2D eigenvalue weighted by Gasteiger charge is 2.20. The van der Waals surface area contributed by atoms with Gasteiger partial charge >= 0.3 is 0 Å². The highest BCUT2D eigenvalue weighted by Crippen LogP contribution is 2.22. The van der Waals surface area contributed by atoms with Crippen LogP contribution in [-0.2, 0) is 24.1 Å². The van der Waals surface area contributed by atoms with Crippen LogP contribution < -0.4 is 0 Å². The van der Waals surface area contributed by atoms with E-state index >= 15 is 0 Å². The molecule has 0 bridgehead atoms. The van der Waals surface area contributed by atoms with E-state index in [2.05, 4.69) is 17.7 Å². The third kappa shape index (κ3) is 2.01. The molecular formula is C13H20N2O. The monoisotopic (exact) mass is 220 g/mol. The van der Waals surface area contributed by atoms with Gasteiger partial charge in [0.15, 0.2) is 0 Å². The van der Waals surface area contributed by atoms with Crippen LogP contribution in [0.25, 0.3) is 0 Å². The maximum atomic E-state index is 5.41. The van der Waals surface area contributed by atoms with E-state index in [0.29, 0.717) is 5.92 Å². The van der Waals surface area contributed by atoms with E-state index in [4.69, 9.17) is 9.72 Å². The van der Waals surface area contributed by atoms with Gasteiger partial charge in [0.05, 0.1) is 5.69 Å². The summed E-state index contributed by atoms with van der Waals surface area (Å²) in [5.41, 5.74) is 1.28. The largest absolute Gasteiger partial charge is 0.381 e. The molecule has 0 radical (unpaired) electrons. The van der Waals surface area contributed by atoms with E-state index < -0.39 is 0 Å². The smallest absolute Gasteiger partial charge is 0.108 e. The summed E-state index contributed by atoms with van der Waals surface area (Å²) in [6.07, 6.45) is 7.03. The van der Waals surface area contributed by atoms with E-state index in [1.165, 1.54) is 24.4 Å². The molecule has 2 atom stereocenters. The number of fused-ring (bicyclic) bond motifs is 1. The molecule has 2 aliphatic rings.